The Morgan fingerprint density at radius 3 is 2.59 bits per heavy atom. The molecule has 0 bridgehead atoms. The Labute approximate surface area is 171 Å². The van der Waals surface area contributed by atoms with Crippen molar-refractivity contribution in [3.63, 3.8) is 0 Å². The summed E-state index contributed by atoms with van der Waals surface area (Å²) in [6, 6.07) is 12.0. The summed E-state index contributed by atoms with van der Waals surface area (Å²) in [5, 5.41) is 13.5. The number of hydrogen-bond acceptors (Lipinski definition) is 4. The van der Waals surface area contributed by atoms with Crippen LogP contribution in [0.5, 0.6) is 5.75 Å². The second kappa shape index (κ2) is 10.2. The number of hydrogen-bond donors (Lipinski definition) is 1. The van der Waals surface area contributed by atoms with Gasteiger partial charge in [-0.3, -0.25) is 0 Å². The van der Waals surface area contributed by atoms with Crippen LogP contribution >= 0.6 is 34.8 Å². The number of rotatable bonds is 8. The number of carboxylic acid groups (broad SMARTS) is 1. The standard InChI is InChI=1S/C19H16Cl3NO4/c1-2-27-23-18(19(24)25)15-6-4-3-5-13(15)11-26-14-8-7-12(9-17(21)22)16(20)10-14/h3-10H,2,11H2,1H3,(H,24,25)/b23-18+. The minimum atomic E-state index is -1.19. The molecule has 0 fully saturated rings. The first kappa shape index (κ1) is 21.1. The monoisotopic (exact) mass is 427 g/mol. The zero-order chi connectivity index (χ0) is 19.8. The van der Waals surface area contributed by atoms with Crippen molar-refractivity contribution in [1.82, 2.24) is 0 Å². The number of benzene rings is 2. The van der Waals surface area contributed by atoms with Crippen molar-refractivity contribution in [3.8, 4) is 5.75 Å². The Hall–Kier alpha value is -2.21. The van der Waals surface area contributed by atoms with Gasteiger partial charge in [-0.05, 0) is 42.3 Å². The van der Waals surface area contributed by atoms with Crippen LogP contribution < -0.4 is 4.74 Å². The Bertz CT molecular complexity index is 877. The van der Waals surface area contributed by atoms with Gasteiger partial charge in [-0.1, -0.05) is 64.2 Å². The van der Waals surface area contributed by atoms with E-state index >= 15 is 0 Å². The van der Waals surface area contributed by atoms with Gasteiger partial charge >= 0.3 is 5.97 Å². The van der Waals surface area contributed by atoms with Crippen molar-refractivity contribution in [1.29, 1.82) is 0 Å². The number of halogens is 3. The van der Waals surface area contributed by atoms with Gasteiger partial charge in [0.25, 0.3) is 0 Å². The van der Waals surface area contributed by atoms with Crippen LogP contribution in [0.3, 0.4) is 0 Å². The molecule has 0 aliphatic carbocycles. The van der Waals surface area contributed by atoms with E-state index in [1.165, 1.54) is 6.08 Å². The van der Waals surface area contributed by atoms with E-state index in [0.29, 0.717) is 27.5 Å². The van der Waals surface area contributed by atoms with Crippen LogP contribution in [0.1, 0.15) is 23.6 Å². The highest BCUT2D eigenvalue weighted by molar-refractivity contribution is 6.57. The smallest absolute Gasteiger partial charge is 0.358 e. The minimum Gasteiger partial charge on any atom is -0.489 e. The number of carbonyl (C=O) groups is 1. The van der Waals surface area contributed by atoms with Gasteiger partial charge in [0.1, 0.15) is 23.5 Å². The van der Waals surface area contributed by atoms with Gasteiger partial charge < -0.3 is 14.7 Å². The van der Waals surface area contributed by atoms with E-state index in [-0.39, 0.29) is 23.4 Å². The molecular formula is C19H16Cl3NO4. The SMILES string of the molecule is CCO/N=C(/C(=O)O)c1ccccc1COc1ccc(C=C(Cl)Cl)c(Cl)c1. The van der Waals surface area contributed by atoms with Gasteiger partial charge in [0.05, 0.1) is 5.02 Å². The average molecular weight is 429 g/mol. The van der Waals surface area contributed by atoms with E-state index in [4.69, 9.17) is 44.4 Å². The number of carboxylic acids is 1. The van der Waals surface area contributed by atoms with E-state index in [1.807, 2.05) is 0 Å². The highest BCUT2D eigenvalue weighted by Crippen LogP contribution is 2.27. The van der Waals surface area contributed by atoms with Crippen LogP contribution in [0.15, 0.2) is 52.1 Å². The Balaban J connectivity index is 2.23. The van der Waals surface area contributed by atoms with E-state index in [1.54, 1.807) is 49.4 Å². The summed E-state index contributed by atoms with van der Waals surface area (Å²) in [6.07, 6.45) is 1.52. The van der Waals surface area contributed by atoms with Crippen LogP contribution in [0, 0.1) is 0 Å². The quantitative estimate of drug-likeness (QED) is 0.444. The lowest BCUT2D eigenvalue weighted by Crippen LogP contribution is -2.18. The molecular weight excluding hydrogens is 413 g/mol. The summed E-state index contributed by atoms with van der Waals surface area (Å²) in [5.41, 5.74) is 1.52. The van der Waals surface area contributed by atoms with Gasteiger partial charge in [0.2, 0.25) is 0 Å². The average Bonchev–Trinajstić information content (AvgIpc) is 2.62. The van der Waals surface area contributed by atoms with Gasteiger partial charge in [0, 0.05) is 5.56 Å². The van der Waals surface area contributed by atoms with Crippen molar-refractivity contribution < 1.29 is 19.5 Å². The molecule has 8 heteroatoms. The molecule has 2 rings (SSSR count). The Morgan fingerprint density at radius 2 is 1.96 bits per heavy atom. The van der Waals surface area contributed by atoms with Gasteiger partial charge in [-0.25, -0.2) is 4.79 Å². The van der Waals surface area contributed by atoms with Crippen molar-refractivity contribution in [2.45, 2.75) is 13.5 Å². The van der Waals surface area contributed by atoms with E-state index < -0.39 is 5.97 Å². The molecule has 0 aliphatic rings. The fourth-order valence-electron chi connectivity index (χ4n) is 2.20. The highest BCUT2D eigenvalue weighted by Gasteiger charge is 2.17. The number of ether oxygens (including phenoxy) is 1. The molecule has 0 unspecified atom stereocenters. The molecule has 0 atom stereocenters. The zero-order valence-electron chi connectivity index (χ0n) is 14.3. The summed E-state index contributed by atoms with van der Waals surface area (Å²) in [6.45, 7) is 2.11. The maximum Gasteiger partial charge on any atom is 0.358 e. The van der Waals surface area contributed by atoms with Crippen LogP contribution in [0.25, 0.3) is 6.08 Å². The maximum absolute atomic E-state index is 11.5. The minimum absolute atomic E-state index is 0.0919. The van der Waals surface area contributed by atoms with Crippen LogP contribution in [-0.4, -0.2) is 23.4 Å². The van der Waals surface area contributed by atoms with E-state index in [2.05, 4.69) is 5.16 Å². The number of aliphatic carboxylic acids is 1. The van der Waals surface area contributed by atoms with Gasteiger partial charge in [0.15, 0.2) is 5.71 Å². The molecule has 0 aliphatic heterocycles. The van der Waals surface area contributed by atoms with Crippen LogP contribution in [-0.2, 0) is 16.2 Å². The summed E-state index contributed by atoms with van der Waals surface area (Å²) >= 11 is 17.5. The van der Waals surface area contributed by atoms with Crippen molar-refractivity contribution in [2.75, 3.05) is 6.61 Å². The largest absolute Gasteiger partial charge is 0.489 e. The van der Waals surface area contributed by atoms with Crippen molar-refractivity contribution in [2.24, 2.45) is 5.16 Å². The summed E-state index contributed by atoms with van der Waals surface area (Å²) in [4.78, 5) is 16.4. The first-order chi connectivity index (χ1) is 12.9. The lowest BCUT2D eigenvalue weighted by Gasteiger charge is -2.12. The molecule has 27 heavy (non-hydrogen) atoms. The summed E-state index contributed by atoms with van der Waals surface area (Å²) in [5.74, 6) is -0.677. The van der Waals surface area contributed by atoms with Crippen LogP contribution in [0.4, 0.5) is 0 Å². The second-order valence-corrected chi connectivity index (χ2v) is 6.64. The summed E-state index contributed by atoms with van der Waals surface area (Å²) in [7, 11) is 0. The fraction of sp³-hybridized carbons (Fsp3) is 0.158. The first-order valence-electron chi connectivity index (χ1n) is 7.89. The number of nitrogens with zero attached hydrogens (tertiary/aromatic N) is 1. The molecule has 0 heterocycles. The topological polar surface area (TPSA) is 68.1 Å². The maximum atomic E-state index is 11.5. The second-order valence-electron chi connectivity index (χ2n) is 5.23. The van der Waals surface area contributed by atoms with E-state index in [9.17, 15) is 9.90 Å². The lowest BCUT2D eigenvalue weighted by atomic mass is 10.0. The molecule has 0 saturated heterocycles. The molecule has 5 nitrogen and oxygen atoms in total. The Kier molecular flexibility index (Phi) is 7.98. The predicted octanol–water partition coefficient (Wildman–Crippen LogP) is 5.52. The van der Waals surface area contributed by atoms with Crippen LogP contribution in [0.2, 0.25) is 5.02 Å². The third kappa shape index (κ3) is 6.17. The molecule has 0 amide bonds. The lowest BCUT2D eigenvalue weighted by molar-refractivity contribution is -0.129. The normalized spacial score (nSPS) is 11.0. The van der Waals surface area contributed by atoms with E-state index in [0.717, 1.165) is 0 Å². The molecule has 0 radical (unpaired) electrons. The van der Waals surface area contributed by atoms with Gasteiger partial charge in [-0.15, -0.1) is 0 Å². The molecule has 2 aromatic carbocycles. The Morgan fingerprint density at radius 1 is 1.22 bits per heavy atom. The van der Waals surface area contributed by atoms with Crippen molar-refractivity contribution >= 4 is 52.6 Å². The fourth-order valence-corrected chi connectivity index (χ4v) is 2.66. The zero-order valence-corrected chi connectivity index (χ0v) is 16.6. The highest BCUT2D eigenvalue weighted by atomic mass is 35.5. The number of oxime groups is 1. The molecule has 0 saturated carbocycles. The molecule has 1 N–H and O–H groups in total. The third-order valence-electron chi connectivity index (χ3n) is 3.39. The first-order valence-corrected chi connectivity index (χ1v) is 9.02. The van der Waals surface area contributed by atoms with Crippen molar-refractivity contribution in [3.05, 3.63) is 68.7 Å². The molecule has 142 valence electrons. The summed E-state index contributed by atoms with van der Waals surface area (Å²) < 4.78 is 5.84. The predicted molar refractivity (Wildman–Crippen MR) is 108 cm³/mol. The molecule has 2 aromatic rings. The van der Waals surface area contributed by atoms with Gasteiger partial charge in [-0.2, -0.15) is 0 Å². The molecule has 0 spiro atoms. The molecule has 0 aromatic heterocycles. The third-order valence-corrected chi connectivity index (χ3v) is 3.94.